The van der Waals surface area contributed by atoms with Crippen LogP contribution in [0.4, 0.5) is 0 Å². The fourth-order valence-electron chi connectivity index (χ4n) is 3.73. The third kappa shape index (κ3) is 7.94. The van der Waals surface area contributed by atoms with Crippen molar-refractivity contribution in [2.24, 2.45) is 0 Å². The van der Waals surface area contributed by atoms with Gasteiger partial charge in [0.25, 0.3) is 0 Å². The SMILES string of the molecule is CC(=O)O[C@@H]1C=CC(=O)[C@@H](COC2C=C[C@H](OCc3ccccc3)[C@@H](COCc3ccccc3)O2)O1. The Hall–Kier alpha value is -3.14. The molecule has 0 aliphatic carbocycles. The Labute approximate surface area is 210 Å². The Balaban J connectivity index is 1.33. The first-order valence-electron chi connectivity index (χ1n) is 11.8. The van der Waals surface area contributed by atoms with Gasteiger partial charge in [-0.25, -0.2) is 0 Å². The van der Waals surface area contributed by atoms with Crippen molar-refractivity contribution in [3.63, 3.8) is 0 Å². The highest BCUT2D eigenvalue weighted by Crippen LogP contribution is 2.21. The van der Waals surface area contributed by atoms with Gasteiger partial charge in [0.15, 0.2) is 12.1 Å². The van der Waals surface area contributed by atoms with Crippen LogP contribution in [0, 0.1) is 0 Å². The molecule has 1 unspecified atom stereocenters. The predicted octanol–water partition coefficient (Wildman–Crippen LogP) is 3.50. The van der Waals surface area contributed by atoms with Crippen molar-refractivity contribution < 1.29 is 38.0 Å². The Morgan fingerprint density at radius 2 is 1.50 bits per heavy atom. The first kappa shape index (κ1) is 25.9. The van der Waals surface area contributed by atoms with Crippen LogP contribution in [0.25, 0.3) is 0 Å². The Kier molecular flexibility index (Phi) is 9.54. The van der Waals surface area contributed by atoms with E-state index in [-0.39, 0.29) is 25.1 Å². The molecule has 4 rings (SSSR count). The quantitative estimate of drug-likeness (QED) is 0.346. The molecule has 0 amide bonds. The number of esters is 1. The van der Waals surface area contributed by atoms with E-state index in [0.29, 0.717) is 13.2 Å². The number of hydrogen-bond acceptors (Lipinski definition) is 8. The molecule has 8 nitrogen and oxygen atoms in total. The van der Waals surface area contributed by atoms with Gasteiger partial charge in [0.2, 0.25) is 6.29 Å². The average molecular weight is 495 g/mol. The molecule has 0 N–H and O–H groups in total. The van der Waals surface area contributed by atoms with Crippen molar-refractivity contribution in [2.45, 2.75) is 51.0 Å². The Morgan fingerprint density at radius 1 is 0.806 bits per heavy atom. The van der Waals surface area contributed by atoms with Gasteiger partial charge in [-0.3, -0.25) is 9.59 Å². The van der Waals surface area contributed by atoms with Crippen LogP contribution in [0.2, 0.25) is 0 Å². The monoisotopic (exact) mass is 494 g/mol. The zero-order valence-electron chi connectivity index (χ0n) is 20.1. The molecule has 36 heavy (non-hydrogen) atoms. The van der Waals surface area contributed by atoms with Crippen molar-refractivity contribution >= 4 is 11.8 Å². The molecule has 2 aliphatic heterocycles. The van der Waals surface area contributed by atoms with Gasteiger partial charge < -0.3 is 28.4 Å². The Morgan fingerprint density at radius 3 is 2.19 bits per heavy atom. The lowest BCUT2D eigenvalue weighted by atomic mass is 10.1. The smallest absolute Gasteiger partial charge is 0.305 e. The van der Waals surface area contributed by atoms with Crippen LogP contribution in [-0.2, 0) is 51.2 Å². The molecule has 190 valence electrons. The van der Waals surface area contributed by atoms with E-state index in [2.05, 4.69) is 0 Å². The molecule has 0 aromatic heterocycles. The van der Waals surface area contributed by atoms with Crippen LogP contribution in [0.15, 0.2) is 85.0 Å². The molecule has 0 spiro atoms. The van der Waals surface area contributed by atoms with Gasteiger partial charge in [-0.1, -0.05) is 66.7 Å². The van der Waals surface area contributed by atoms with Crippen molar-refractivity contribution in [1.29, 1.82) is 0 Å². The molecular formula is C28H30O8. The molecule has 8 heteroatoms. The fraction of sp³-hybridized carbons (Fsp3) is 0.357. The molecular weight excluding hydrogens is 464 g/mol. The van der Waals surface area contributed by atoms with E-state index in [1.54, 1.807) is 6.08 Å². The summed E-state index contributed by atoms with van der Waals surface area (Å²) in [5, 5.41) is 0. The van der Waals surface area contributed by atoms with Crippen molar-refractivity contribution in [3.05, 3.63) is 96.1 Å². The zero-order valence-corrected chi connectivity index (χ0v) is 20.1. The number of rotatable bonds is 11. The lowest BCUT2D eigenvalue weighted by Gasteiger charge is -2.33. The summed E-state index contributed by atoms with van der Waals surface area (Å²) >= 11 is 0. The van der Waals surface area contributed by atoms with Crippen LogP contribution < -0.4 is 0 Å². The van der Waals surface area contributed by atoms with Crippen LogP contribution in [0.3, 0.4) is 0 Å². The summed E-state index contributed by atoms with van der Waals surface area (Å²) in [6.07, 6.45) is 3.04. The minimum Gasteiger partial charge on any atom is -0.432 e. The molecule has 5 atom stereocenters. The van der Waals surface area contributed by atoms with Crippen LogP contribution >= 0.6 is 0 Å². The molecule has 2 aromatic rings. The maximum Gasteiger partial charge on any atom is 0.305 e. The second-order valence-corrected chi connectivity index (χ2v) is 8.39. The van der Waals surface area contributed by atoms with Crippen molar-refractivity contribution in [2.75, 3.05) is 13.2 Å². The van der Waals surface area contributed by atoms with E-state index in [1.165, 1.54) is 19.1 Å². The number of ketones is 1. The molecule has 0 saturated carbocycles. The number of benzene rings is 2. The highest BCUT2D eigenvalue weighted by atomic mass is 16.7. The van der Waals surface area contributed by atoms with E-state index in [9.17, 15) is 9.59 Å². The highest BCUT2D eigenvalue weighted by molar-refractivity contribution is 5.94. The number of carbonyl (C=O) groups is 2. The second kappa shape index (κ2) is 13.2. The van der Waals surface area contributed by atoms with Crippen molar-refractivity contribution in [3.8, 4) is 0 Å². The van der Waals surface area contributed by atoms with Crippen molar-refractivity contribution in [1.82, 2.24) is 0 Å². The number of hydrogen-bond donors (Lipinski definition) is 0. The molecule has 2 heterocycles. The maximum absolute atomic E-state index is 12.2. The molecule has 2 aliphatic rings. The number of ether oxygens (including phenoxy) is 6. The van der Waals surface area contributed by atoms with Crippen LogP contribution in [-0.4, -0.2) is 55.9 Å². The van der Waals surface area contributed by atoms with Crippen LogP contribution in [0.1, 0.15) is 18.1 Å². The average Bonchev–Trinajstić information content (AvgIpc) is 2.89. The minimum absolute atomic E-state index is 0.0664. The van der Waals surface area contributed by atoms with Gasteiger partial charge in [-0.05, 0) is 29.4 Å². The van der Waals surface area contributed by atoms with Gasteiger partial charge in [-0.2, -0.15) is 0 Å². The van der Waals surface area contributed by atoms with E-state index >= 15 is 0 Å². The lowest BCUT2D eigenvalue weighted by molar-refractivity contribution is -0.216. The third-order valence-electron chi connectivity index (χ3n) is 5.54. The highest BCUT2D eigenvalue weighted by Gasteiger charge is 2.32. The molecule has 0 radical (unpaired) electrons. The summed E-state index contributed by atoms with van der Waals surface area (Å²) in [6, 6.07) is 19.8. The minimum atomic E-state index is -0.925. The second-order valence-electron chi connectivity index (χ2n) is 8.39. The van der Waals surface area contributed by atoms with E-state index in [0.717, 1.165) is 11.1 Å². The first-order chi connectivity index (χ1) is 17.6. The van der Waals surface area contributed by atoms with E-state index in [1.807, 2.05) is 66.7 Å². The molecule has 0 saturated heterocycles. The Bertz CT molecular complexity index is 1040. The summed E-state index contributed by atoms with van der Waals surface area (Å²) in [7, 11) is 0. The fourth-order valence-corrected chi connectivity index (χ4v) is 3.73. The largest absolute Gasteiger partial charge is 0.432 e. The van der Waals surface area contributed by atoms with E-state index in [4.69, 9.17) is 28.4 Å². The summed E-state index contributed by atoms with van der Waals surface area (Å²) in [4.78, 5) is 23.4. The van der Waals surface area contributed by atoms with Gasteiger partial charge in [0, 0.05) is 6.92 Å². The van der Waals surface area contributed by atoms with Crippen LogP contribution in [0.5, 0.6) is 0 Å². The summed E-state index contributed by atoms with van der Waals surface area (Å²) < 4.78 is 34.5. The lowest BCUT2D eigenvalue weighted by Crippen LogP contribution is -2.43. The van der Waals surface area contributed by atoms with Gasteiger partial charge in [0.05, 0.1) is 26.4 Å². The van der Waals surface area contributed by atoms with E-state index < -0.39 is 30.8 Å². The molecule has 2 aromatic carbocycles. The first-order valence-corrected chi connectivity index (χ1v) is 11.8. The number of carbonyl (C=O) groups excluding carboxylic acids is 2. The summed E-state index contributed by atoms with van der Waals surface area (Å²) in [6.45, 7) is 2.36. The standard InChI is InChI=1S/C28H30O8/c1-20(29)34-28-14-12-23(30)25(35-28)19-33-27-15-13-24(32-17-22-10-6-3-7-11-22)26(36-27)18-31-16-21-8-4-2-5-9-21/h2-15,24-28H,16-19H2,1H3/t24-,25+,26+,27?,28-/m0/s1. The normalized spacial score (nSPS) is 25.6. The summed E-state index contributed by atoms with van der Waals surface area (Å²) in [5.41, 5.74) is 2.11. The van der Waals surface area contributed by atoms with Gasteiger partial charge >= 0.3 is 5.97 Å². The predicted molar refractivity (Wildman–Crippen MR) is 129 cm³/mol. The maximum atomic E-state index is 12.2. The molecule has 0 fully saturated rings. The third-order valence-corrected chi connectivity index (χ3v) is 5.54. The summed E-state index contributed by atoms with van der Waals surface area (Å²) in [5.74, 6) is -0.776. The van der Waals surface area contributed by atoms with Gasteiger partial charge in [-0.15, -0.1) is 0 Å². The molecule has 0 bridgehead atoms. The van der Waals surface area contributed by atoms with Gasteiger partial charge in [0.1, 0.15) is 18.3 Å². The topological polar surface area (TPSA) is 89.5 Å². The zero-order chi connectivity index (χ0) is 25.2.